The molecule has 0 radical (unpaired) electrons. The summed E-state index contributed by atoms with van der Waals surface area (Å²) < 4.78 is 14.8. The zero-order valence-electron chi connectivity index (χ0n) is 15.1. The van der Waals surface area contributed by atoms with Crippen LogP contribution in [0.25, 0.3) is 0 Å². The summed E-state index contributed by atoms with van der Waals surface area (Å²) in [4.78, 5) is 28.2. The molecule has 0 saturated carbocycles. The molecule has 26 heavy (non-hydrogen) atoms. The second kappa shape index (κ2) is 7.78. The quantitative estimate of drug-likeness (QED) is 0.768. The average Bonchev–Trinajstić information content (AvgIpc) is 3.04. The number of nitrogens with zero attached hydrogens (tertiary/aromatic N) is 4. The van der Waals surface area contributed by atoms with Gasteiger partial charge in [0.2, 0.25) is 0 Å². The van der Waals surface area contributed by atoms with Crippen LogP contribution in [0.2, 0.25) is 0 Å². The number of piperazine rings is 1. The zero-order chi connectivity index (χ0) is 18.7. The van der Waals surface area contributed by atoms with Crippen LogP contribution >= 0.6 is 0 Å². The number of amides is 1. The molecule has 0 aliphatic carbocycles. The Balaban J connectivity index is 1.67. The summed E-state index contributed by atoms with van der Waals surface area (Å²) in [5, 5.41) is 4.33. The number of aryl methyl sites for hydroxylation is 2. The minimum absolute atomic E-state index is 0.0310. The number of rotatable bonds is 5. The lowest BCUT2D eigenvalue weighted by molar-refractivity contribution is -0.113. The van der Waals surface area contributed by atoms with E-state index in [0.717, 1.165) is 17.5 Å². The highest BCUT2D eigenvalue weighted by Gasteiger charge is 2.28. The fourth-order valence-electron chi connectivity index (χ4n) is 3.36. The monoisotopic (exact) mass is 358 g/mol. The van der Waals surface area contributed by atoms with Gasteiger partial charge >= 0.3 is 0 Å². The molecule has 1 fully saturated rings. The van der Waals surface area contributed by atoms with E-state index in [-0.39, 0.29) is 11.7 Å². The molecule has 1 aromatic carbocycles. The van der Waals surface area contributed by atoms with Gasteiger partial charge in [-0.25, -0.2) is 4.39 Å². The van der Waals surface area contributed by atoms with Gasteiger partial charge in [0, 0.05) is 32.7 Å². The van der Waals surface area contributed by atoms with Gasteiger partial charge in [-0.05, 0) is 37.6 Å². The van der Waals surface area contributed by atoms with E-state index in [0.29, 0.717) is 38.4 Å². The molecule has 1 unspecified atom stereocenters. The molecular formula is C19H23FN4O2. The van der Waals surface area contributed by atoms with Crippen LogP contribution in [-0.4, -0.2) is 58.0 Å². The number of aromatic nitrogens is 2. The van der Waals surface area contributed by atoms with Crippen LogP contribution in [0.4, 0.5) is 4.39 Å². The fourth-order valence-corrected chi connectivity index (χ4v) is 3.36. The second-order valence-electron chi connectivity index (χ2n) is 6.45. The number of aldehydes is 1. The van der Waals surface area contributed by atoms with Crippen molar-refractivity contribution in [3.63, 3.8) is 0 Å². The summed E-state index contributed by atoms with van der Waals surface area (Å²) in [6, 6.07) is 7.38. The van der Waals surface area contributed by atoms with Crippen LogP contribution in [0.1, 0.15) is 34.7 Å². The van der Waals surface area contributed by atoms with Crippen molar-refractivity contribution in [2.24, 2.45) is 0 Å². The summed E-state index contributed by atoms with van der Waals surface area (Å²) in [7, 11) is 0. The average molecular weight is 358 g/mol. The van der Waals surface area contributed by atoms with Gasteiger partial charge in [0.25, 0.3) is 5.91 Å². The first-order chi connectivity index (χ1) is 12.5. The molecule has 138 valence electrons. The lowest BCUT2D eigenvalue weighted by Crippen LogP contribution is -2.50. The molecule has 1 atom stereocenters. The van der Waals surface area contributed by atoms with Crippen LogP contribution in [0, 0.1) is 12.7 Å². The maximum absolute atomic E-state index is 13.1. The second-order valence-corrected chi connectivity index (χ2v) is 6.45. The molecule has 1 saturated heterocycles. The molecule has 0 spiro atoms. The molecule has 1 aliphatic rings. The number of hydrogen-bond acceptors (Lipinski definition) is 4. The minimum atomic E-state index is -0.420. The van der Waals surface area contributed by atoms with E-state index in [2.05, 4.69) is 5.10 Å². The van der Waals surface area contributed by atoms with Crippen LogP contribution in [0.5, 0.6) is 0 Å². The van der Waals surface area contributed by atoms with E-state index in [4.69, 9.17) is 0 Å². The van der Waals surface area contributed by atoms with E-state index >= 15 is 0 Å². The fraction of sp³-hybridized carbons (Fsp3) is 0.421. The maximum Gasteiger partial charge on any atom is 0.272 e. The van der Waals surface area contributed by atoms with E-state index in [1.54, 1.807) is 21.7 Å². The molecule has 1 aromatic heterocycles. The molecule has 2 aromatic rings. The van der Waals surface area contributed by atoms with Gasteiger partial charge in [-0.1, -0.05) is 12.1 Å². The molecular weight excluding hydrogens is 335 g/mol. The van der Waals surface area contributed by atoms with E-state index < -0.39 is 6.04 Å². The third-order valence-electron chi connectivity index (χ3n) is 4.76. The third-order valence-corrected chi connectivity index (χ3v) is 4.76. The highest BCUT2D eigenvalue weighted by atomic mass is 19.1. The molecule has 0 N–H and O–H groups in total. The van der Waals surface area contributed by atoms with Crippen molar-refractivity contribution >= 4 is 12.2 Å². The minimum Gasteiger partial charge on any atom is -0.335 e. The number of benzene rings is 1. The molecule has 3 rings (SSSR count). The van der Waals surface area contributed by atoms with E-state index in [9.17, 15) is 14.0 Å². The Bertz CT molecular complexity index is 779. The van der Waals surface area contributed by atoms with Gasteiger partial charge in [-0.2, -0.15) is 5.10 Å². The van der Waals surface area contributed by atoms with Crippen molar-refractivity contribution in [3.8, 4) is 0 Å². The Hall–Kier alpha value is -2.54. The number of halogens is 1. The summed E-state index contributed by atoms with van der Waals surface area (Å²) >= 11 is 0. The Labute approximate surface area is 152 Å². The largest absolute Gasteiger partial charge is 0.335 e. The smallest absolute Gasteiger partial charge is 0.272 e. The first-order valence-corrected chi connectivity index (χ1v) is 8.82. The van der Waals surface area contributed by atoms with Crippen molar-refractivity contribution in [1.82, 2.24) is 19.6 Å². The number of hydrogen-bond donors (Lipinski definition) is 0. The number of carbonyl (C=O) groups excluding carboxylic acids is 2. The normalized spacial score (nSPS) is 16.5. The van der Waals surface area contributed by atoms with Gasteiger partial charge < -0.3 is 9.69 Å². The summed E-state index contributed by atoms with van der Waals surface area (Å²) in [6.07, 6.45) is 0.875. The first-order valence-electron chi connectivity index (χ1n) is 8.82. The van der Waals surface area contributed by atoms with Crippen molar-refractivity contribution in [2.45, 2.75) is 26.4 Å². The van der Waals surface area contributed by atoms with Crippen LogP contribution < -0.4 is 0 Å². The van der Waals surface area contributed by atoms with Crippen molar-refractivity contribution in [1.29, 1.82) is 0 Å². The first kappa shape index (κ1) is 18.3. The predicted octanol–water partition coefficient (Wildman–Crippen LogP) is 2.05. The molecule has 6 nitrogen and oxygen atoms in total. The molecule has 7 heteroatoms. The lowest BCUT2D eigenvalue weighted by Gasteiger charge is -2.37. The SMILES string of the molecule is CCn1nc(C)cc1C(=O)N1CCN(C(C=O)c2ccc(F)cc2)CC1. The van der Waals surface area contributed by atoms with Crippen LogP contribution in [-0.2, 0) is 11.3 Å². The molecule has 2 heterocycles. The van der Waals surface area contributed by atoms with Gasteiger partial charge in [-0.3, -0.25) is 14.4 Å². The van der Waals surface area contributed by atoms with Crippen molar-refractivity contribution in [3.05, 3.63) is 53.1 Å². The van der Waals surface area contributed by atoms with E-state index in [1.165, 1.54) is 12.1 Å². The third kappa shape index (κ3) is 3.67. The van der Waals surface area contributed by atoms with Crippen LogP contribution in [0.15, 0.2) is 30.3 Å². The van der Waals surface area contributed by atoms with Crippen molar-refractivity contribution < 1.29 is 14.0 Å². The van der Waals surface area contributed by atoms with Crippen LogP contribution in [0.3, 0.4) is 0 Å². The predicted molar refractivity (Wildman–Crippen MR) is 95.3 cm³/mol. The Morgan fingerprint density at radius 1 is 1.23 bits per heavy atom. The van der Waals surface area contributed by atoms with Gasteiger partial charge in [0.1, 0.15) is 17.8 Å². The van der Waals surface area contributed by atoms with Gasteiger partial charge in [-0.15, -0.1) is 0 Å². The summed E-state index contributed by atoms with van der Waals surface area (Å²) in [5.41, 5.74) is 2.19. The highest BCUT2D eigenvalue weighted by Crippen LogP contribution is 2.21. The molecule has 0 bridgehead atoms. The Morgan fingerprint density at radius 2 is 1.88 bits per heavy atom. The van der Waals surface area contributed by atoms with E-state index in [1.807, 2.05) is 24.8 Å². The van der Waals surface area contributed by atoms with Crippen molar-refractivity contribution in [2.75, 3.05) is 26.2 Å². The van der Waals surface area contributed by atoms with Gasteiger partial charge in [0.15, 0.2) is 0 Å². The number of carbonyl (C=O) groups is 2. The summed E-state index contributed by atoms with van der Waals surface area (Å²) in [6.45, 7) is 6.73. The zero-order valence-corrected chi connectivity index (χ0v) is 15.1. The molecule has 1 amide bonds. The van der Waals surface area contributed by atoms with Gasteiger partial charge in [0.05, 0.1) is 11.7 Å². The highest BCUT2D eigenvalue weighted by molar-refractivity contribution is 5.92. The summed E-state index contributed by atoms with van der Waals surface area (Å²) in [5.74, 6) is -0.354. The lowest BCUT2D eigenvalue weighted by atomic mass is 10.1. The maximum atomic E-state index is 13.1. The standard InChI is InChI=1S/C19H23FN4O2/c1-3-24-17(12-14(2)21-24)19(26)23-10-8-22(9-11-23)18(13-25)15-4-6-16(20)7-5-15/h4-7,12-13,18H,3,8-11H2,1-2H3. The Morgan fingerprint density at radius 3 is 2.46 bits per heavy atom. The molecule has 1 aliphatic heterocycles. The Kier molecular flexibility index (Phi) is 5.46. The topological polar surface area (TPSA) is 58.4 Å².